The van der Waals surface area contributed by atoms with Crippen LogP contribution < -0.4 is 15.0 Å². The maximum absolute atomic E-state index is 9.78. The molecule has 0 radical (unpaired) electrons. The van der Waals surface area contributed by atoms with Crippen LogP contribution in [0.5, 0.6) is 5.75 Å². The summed E-state index contributed by atoms with van der Waals surface area (Å²) in [6.45, 7) is 1.67. The fourth-order valence-electron chi connectivity index (χ4n) is 3.71. The zero-order valence-corrected chi connectivity index (χ0v) is 16.1. The number of hydrogen-bond acceptors (Lipinski definition) is 6. The van der Waals surface area contributed by atoms with Gasteiger partial charge >= 0.3 is 0 Å². The Bertz CT molecular complexity index is 929. The van der Waals surface area contributed by atoms with E-state index in [1.54, 1.807) is 7.11 Å². The first-order chi connectivity index (χ1) is 13.8. The van der Waals surface area contributed by atoms with Crippen molar-refractivity contribution < 1.29 is 9.84 Å². The van der Waals surface area contributed by atoms with Crippen LogP contribution in [0.1, 0.15) is 24.8 Å². The number of hydrogen-bond donors (Lipinski definition) is 2. The minimum Gasteiger partial charge on any atom is -0.497 e. The molecule has 1 saturated heterocycles. The SMILES string of the molecule is COc1ccc(CNc2nc(N3CCCC[C@@H]3CO)nc3ccccc23)cc1. The molecule has 0 amide bonds. The quantitative estimate of drug-likeness (QED) is 0.683. The monoisotopic (exact) mass is 378 g/mol. The highest BCUT2D eigenvalue weighted by molar-refractivity contribution is 5.90. The Labute approximate surface area is 165 Å². The molecule has 4 rings (SSSR count). The minimum atomic E-state index is 0.0874. The average Bonchev–Trinajstić information content (AvgIpc) is 2.77. The molecule has 1 aromatic heterocycles. The number of aliphatic hydroxyl groups is 1. The molecule has 1 fully saturated rings. The van der Waals surface area contributed by atoms with Gasteiger partial charge in [0.1, 0.15) is 11.6 Å². The number of ether oxygens (including phenoxy) is 1. The average molecular weight is 378 g/mol. The summed E-state index contributed by atoms with van der Waals surface area (Å²) in [7, 11) is 1.67. The third-order valence-corrected chi connectivity index (χ3v) is 5.31. The van der Waals surface area contributed by atoms with E-state index in [-0.39, 0.29) is 12.6 Å². The van der Waals surface area contributed by atoms with E-state index >= 15 is 0 Å². The molecule has 1 aliphatic heterocycles. The van der Waals surface area contributed by atoms with Gasteiger partial charge in [0.05, 0.1) is 25.3 Å². The molecule has 6 heteroatoms. The van der Waals surface area contributed by atoms with Crippen LogP contribution in [0.4, 0.5) is 11.8 Å². The Kier molecular flexibility index (Phi) is 5.58. The molecule has 6 nitrogen and oxygen atoms in total. The van der Waals surface area contributed by atoms with Gasteiger partial charge in [-0.15, -0.1) is 0 Å². The van der Waals surface area contributed by atoms with Crippen LogP contribution in [0.3, 0.4) is 0 Å². The summed E-state index contributed by atoms with van der Waals surface area (Å²) in [4.78, 5) is 11.8. The lowest BCUT2D eigenvalue weighted by molar-refractivity contribution is 0.239. The van der Waals surface area contributed by atoms with Gasteiger partial charge in [0.15, 0.2) is 0 Å². The van der Waals surface area contributed by atoms with Gasteiger partial charge in [0.2, 0.25) is 5.95 Å². The van der Waals surface area contributed by atoms with Gasteiger partial charge in [-0.3, -0.25) is 0 Å². The molecule has 1 atom stereocenters. The highest BCUT2D eigenvalue weighted by atomic mass is 16.5. The molecule has 1 aliphatic rings. The van der Waals surface area contributed by atoms with E-state index < -0.39 is 0 Å². The van der Waals surface area contributed by atoms with Gasteiger partial charge in [-0.2, -0.15) is 4.98 Å². The predicted octanol–water partition coefficient (Wildman–Crippen LogP) is 3.60. The molecule has 3 aromatic rings. The number of anilines is 2. The number of fused-ring (bicyclic) bond motifs is 1. The summed E-state index contributed by atoms with van der Waals surface area (Å²) in [6, 6.07) is 16.1. The van der Waals surface area contributed by atoms with Gasteiger partial charge in [-0.05, 0) is 49.1 Å². The smallest absolute Gasteiger partial charge is 0.228 e. The lowest BCUT2D eigenvalue weighted by Crippen LogP contribution is -2.43. The van der Waals surface area contributed by atoms with Crippen LogP contribution >= 0.6 is 0 Å². The molecular formula is C22H26N4O2. The largest absolute Gasteiger partial charge is 0.497 e. The van der Waals surface area contributed by atoms with Gasteiger partial charge in [0, 0.05) is 18.5 Å². The van der Waals surface area contributed by atoms with Gasteiger partial charge in [-0.1, -0.05) is 24.3 Å². The van der Waals surface area contributed by atoms with Crippen LogP contribution in [-0.2, 0) is 6.54 Å². The number of nitrogens with one attached hydrogen (secondary N) is 1. The highest BCUT2D eigenvalue weighted by Crippen LogP contribution is 2.27. The Morgan fingerprint density at radius 2 is 1.93 bits per heavy atom. The first-order valence-corrected chi connectivity index (χ1v) is 9.79. The molecular weight excluding hydrogens is 352 g/mol. The van der Waals surface area contributed by atoms with Crippen molar-refractivity contribution in [2.75, 3.05) is 30.5 Å². The lowest BCUT2D eigenvalue weighted by Gasteiger charge is -2.34. The number of aromatic nitrogens is 2. The van der Waals surface area contributed by atoms with E-state index in [0.29, 0.717) is 12.5 Å². The third-order valence-electron chi connectivity index (χ3n) is 5.31. The number of benzene rings is 2. The zero-order valence-electron chi connectivity index (χ0n) is 16.1. The van der Waals surface area contributed by atoms with Crippen LogP contribution in [0.2, 0.25) is 0 Å². The van der Waals surface area contributed by atoms with Crippen LogP contribution in [0.25, 0.3) is 10.9 Å². The maximum Gasteiger partial charge on any atom is 0.228 e. The molecule has 2 N–H and O–H groups in total. The van der Waals surface area contributed by atoms with Crippen LogP contribution in [0, 0.1) is 0 Å². The second-order valence-corrected chi connectivity index (χ2v) is 7.12. The van der Waals surface area contributed by atoms with Crippen molar-refractivity contribution in [1.29, 1.82) is 0 Å². The summed E-state index contributed by atoms with van der Waals surface area (Å²) < 4.78 is 5.23. The van der Waals surface area contributed by atoms with Crippen molar-refractivity contribution in [1.82, 2.24) is 9.97 Å². The maximum atomic E-state index is 9.78. The van der Waals surface area contributed by atoms with Crippen molar-refractivity contribution in [3.63, 3.8) is 0 Å². The van der Waals surface area contributed by atoms with Crippen molar-refractivity contribution >= 4 is 22.7 Å². The standard InChI is InChI=1S/C22H26N4O2/c1-28-18-11-9-16(10-12-18)14-23-21-19-7-2-3-8-20(19)24-22(25-21)26-13-5-4-6-17(26)15-27/h2-3,7-12,17,27H,4-6,13-15H2,1H3,(H,23,24,25)/t17-/m1/s1. The van der Waals surface area contributed by atoms with Crippen molar-refractivity contribution in [2.24, 2.45) is 0 Å². The van der Waals surface area contributed by atoms with Gasteiger partial charge in [0.25, 0.3) is 0 Å². The molecule has 0 spiro atoms. The molecule has 0 saturated carbocycles. The predicted molar refractivity (Wildman–Crippen MR) is 112 cm³/mol. The summed E-state index contributed by atoms with van der Waals surface area (Å²) in [5, 5.41) is 14.2. The summed E-state index contributed by atoms with van der Waals surface area (Å²) in [5.41, 5.74) is 2.06. The van der Waals surface area contributed by atoms with E-state index in [4.69, 9.17) is 14.7 Å². The number of piperidine rings is 1. The first-order valence-electron chi connectivity index (χ1n) is 9.79. The molecule has 0 bridgehead atoms. The van der Waals surface area contributed by atoms with Crippen molar-refractivity contribution in [2.45, 2.75) is 31.8 Å². The van der Waals surface area contributed by atoms with E-state index in [2.05, 4.69) is 10.2 Å². The van der Waals surface area contributed by atoms with E-state index in [1.165, 1.54) is 0 Å². The van der Waals surface area contributed by atoms with E-state index in [1.807, 2.05) is 48.5 Å². The number of para-hydroxylation sites is 1. The molecule has 28 heavy (non-hydrogen) atoms. The summed E-state index contributed by atoms with van der Waals surface area (Å²) in [5.74, 6) is 2.35. The van der Waals surface area contributed by atoms with Gasteiger partial charge in [-0.25, -0.2) is 4.98 Å². The minimum absolute atomic E-state index is 0.0874. The number of rotatable bonds is 6. The van der Waals surface area contributed by atoms with E-state index in [0.717, 1.165) is 53.8 Å². The Balaban J connectivity index is 1.64. The topological polar surface area (TPSA) is 70.5 Å². The number of nitrogens with zero attached hydrogens (tertiary/aromatic N) is 3. The highest BCUT2D eigenvalue weighted by Gasteiger charge is 2.24. The molecule has 2 aromatic carbocycles. The Morgan fingerprint density at radius 3 is 2.71 bits per heavy atom. The first kappa shape index (κ1) is 18.5. The fraction of sp³-hybridized carbons (Fsp3) is 0.364. The van der Waals surface area contributed by atoms with Crippen LogP contribution in [0.15, 0.2) is 48.5 Å². The zero-order chi connectivity index (χ0) is 19.3. The van der Waals surface area contributed by atoms with Crippen molar-refractivity contribution in [3.05, 3.63) is 54.1 Å². The Hall–Kier alpha value is -2.86. The molecule has 2 heterocycles. The van der Waals surface area contributed by atoms with Crippen molar-refractivity contribution in [3.8, 4) is 5.75 Å². The molecule has 146 valence electrons. The molecule has 0 aliphatic carbocycles. The second-order valence-electron chi connectivity index (χ2n) is 7.12. The third kappa shape index (κ3) is 3.87. The van der Waals surface area contributed by atoms with Crippen LogP contribution in [-0.4, -0.2) is 41.4 Å². The number of methoxy groups -OCH3 is 1. The number of aliphatic hydroxyl groups excluding tert-OH is 1. The van der Waals surface area contributed by atoms with E-state index in [9.17, 15) is 5.11 Å². The summed E-state index contributed by atoms with van der Waals surface area (Å²) in [6.07, 6.45) is 3.21. The van der Waals surface area contributed by atoms with Gasteiger partial charge < -0.3 is 20.1 Å². The normalized spacial score (nSPS) is 16.9. The Morgan fingerprint density at radius 1 is 1.11 bits per heavy atom. The summed E-state index contributed by atoms with van der Waals surface area (Å²) >= 11 is 0. The molecule has 0 unspecified atom stereocenters. The second kappa shape index (κ2) is 8.44. The fourth-order valence-corrected chi connectivity index (χ4v) is 3.71. The lowest BCUT2D eigenvalue weighted by atomic mass is 10.0.